The zero-order valence-corrected chi connectivity index (χ0v) is 25.9. The molecule has 3 aromatic carbocycles. The molecule has 0 atom stereocenters. The maximum Gasteiger partial charge on any atom is 0.258 e. The Morgan fingerprint density at radius 3 is 1.27 bits per heavy atom. The average Bonchev–Trinajstić information content (AvgIpc) is 3.53. The number of amides is 2. The summed E-state index contributed by atoms with van der Waals surface area (Å²) in [7, 11) is 0. The van der Waals surface area contributed by atoms with E-state index in [4.69, 9.17) is 8.83 Å². The number of furan rings is 2. The number of carbonyl (C=O) groups is 2. The molecule has 0 radical (unpaired) electrons. The Balaban J connectivity index is 1.11. The number of para-hydroxylation sites is 2. The second kappa shape index (κ2) is 11.1. The standard InChI is InChI=1S/C36H38N4O4/c1-23-9-5-7-11-29(23)37-13-17-39(18-14-37)35(41)33-25(3)43-31-22-28-32(21-27(31)33)44-26(4)34(28)36(42)40-19-15-38(16-20-40)30-12-8-6-10-24(30)2/h5-12,21-22H,13-20H2,1-4H3. The number of anilines is 2. The van der Waals surface area contributed by atoms with Crippen LogP contribution in [0.25, 0.3) is 21.9 Å². The largest absolute Gasteiger partial charge is 0.460 e. The van der Waals surface area contributed by atoms with Gasteiger partial charge in [0.15, 0.2) is 0 Å². The van der Waals surface area contributed by atoms with Crippen molar-refractivity contribution in [2.24, 2.45) is 0 Å². The summed E-state index contributed by atoms with van der Waals surface area (Å²) >= 11 is 0. The van der Waals surface area contributed by atoms with Crippen molar-refractivity contribution in [1.82, 2.24) is 9.80 Å². The number of rotatable bonds is 4. The molecule has 2 aliphatic heterocycles. The van der Waals surface area contributed by atoms with Crippen LogP contribution in [0.2, 0.25) is 0 Å². The smallest absolute Gasteiger partial charge is 0.258 e. The van der Waals surface area contributed by atoms with E-state index in [1.807, 2.05) is 35.8 Å². The van der Waals surface area contributed by atoms with Gasteiger partial charge in [-0.05, 0) is 63.1 Å². The topological polar surface area (TPSA) is 73.4 Å². The van der Waals surface area contributed by atoms with Gasteiger partial charge in [0.1, 0.15) is 22.7 Å². The Morgan fingerprint density at radius 1 is 0.545 bits per heavy atom. The summed E-state index contributed by atoms with van der Waals surface area (Å²) in [6.07, 6.45) is 0. The summed E-state index contributed by atoms with van der Waals surface area (Å²) in [5, 5.41) is 1.45. The highest BCUT2D eigenvalue weighted by atomic mass is 16.3. The van der Waals surface area contributed by atoms with Crippen LogP contribution in [0.5, 0.6) is 0 Å². The van der Waals surface area contributed by atoms with Crippen LogP contribution in [0.3, 0.4) is 0 Å². The Labute approximate surface area is 257 Å². The second-order valence-corrected chi connectivity index (χ2v) is 12.0. The first-order valence-corrected chi connectivity index (χ1v) is 15.5. The van der Waals surface area contributed by atoms with Crippen molar-refractivity contribution in [3.8, 4) is 0 Å². The number of benzene rings is 3. The van der Waals surface area contributed by atoms with Crippen LogP contribution in [0.4, 0.5) is 11.4 Å². The monoisotopic (exact) mass is 590 g/mol. The second-order valence-electron chi connectivity index (χ2n) is 12.0. The third kappa shape index (κ3) is 4.78. The molecular weight excluding hydrogens is 552 g/mol. The van der Waals surface area contributed by atoms with E-state index in [0.29, 0.717) is 60.0 Å². The molecule has 44 heavy (non-hydrogen) atoms. The fraction of sp³-hybridized carbons (Fsp3) is 0.333. The highest BCUT2D eigenvalue weighted by Crippen LogP contribution is 2.36. The number of aryl methyl sites for hydroxylation is 4. The van der Waals surface area contributed by atoms with Gasteiger partial charge >= 0.3 is 0 Å². The van der Waals surface area contributed by atoms with Crippen LogP contribution in [-0.2, 0) is 0 Å². The van der Waals surface area contributed by atoms with Crippen molar-refractivity contribution in [3.05, 3.63) is 94.4 Å². The molecule has 2 saturated heterocycles. The molecule has 2 aliphatic rings. The van der Waals surface area contributed by atoms with Crippen LogP contribution in [-0.4, -0.2) is 74.0 Å². The number of hydrogen-bond donors (Lipinski definition) is 0. The van der Waals surface area contributed by atoms with Gasteiger partial charge in [-0.15, -0.1) is 0 Å². The minimum Gasteiger partial charge on any atom is -0.460 e. The molecule has 5 aromatic rings. The minimum absolute atomic E-state index is 0.0314. The van der Waals surface area contributed by atoms with Crippen LogP contribution in [0.15, 0.2) is 69.5 Å². The minimum atomic E-state index is -0.0314. The molecule has 0 bridgehead atoms. The maximum atomic E-state index is 13.8. The predicted molar refractivity (Wildman–Crippen MR) is 174 cm³/mol. The molecule has 2 fully saturated rings. The molecule has 7 rings (SSSR count). The lowest BCUT2D eigenvalue weighted by Gasteiger charge is -2.36. The first-order valence-electron chi connectivity index (χ1n) is 15.5. The van der Waals surface area contributed by atoms with E-state index < -0.39 is 0 Å². The summed E-state index contributed by atoms with van der Waals surface area (Å²) in [5.41, 5.74) is 7.25. The van der Waals surface area contributed by atoms with Gasteiger partial charge < -0.3 is 28.4 Å². The van der Waals surface area contributed by atoms with E-state index in [-0.39, 0.29) is 11.8 Å². The van der Waals surface area contributed by atoms with Crippen molar-refractivity contribution < 1.29 is 18.4 Å². The van der Waals surface area contributed by atoms with E-state index in [0.717, 1.165) is 37.0 Å². The Kier molecular flexibility index (Phi) is 7.07. The maximum absolute atomic E-state index is 13.8. The molecule has 0 spiro atoms. The molecule has 2 aromatic heterocycles. The van der Waals surface area contributed by atoms with E-state index >= 15 is 0 Å². The fourth-order valence-corrected chi connectivity index (χ4v) is 6.92. The number of piperazine rings is 2. The zero-order valence-electron chi connectivity index (χ0n) is 25.9. The molecule has 4 heterocycles. The zero-order chi connectivity index (χ0) is 30.5. The van der Waals surface area contributed by atoms with E-state index in [9.17, 15) is 9.59 Å². The Morgan fingerprint density at radius 2 is 0.909 bits per heavy atom. The van der Waals surface area contributed by atoms with E-state index in [2.05, 4.69) is 72.2 Å². The van der Waals surface area contributed by atoms with Gasteiger partial charge in [0.25, 0.3) is 11.8 Å². The van der Waals surface area contributed by atoms with Gasteiger partial charge in [0.05, 0.1) is 11.1 Å². The summed E-state index contributed by atoms with van der Waals surface area (Å²) < 4.78 is 12.3. The van der Waals surface area contributed by atoms with Crippen LogP contribution < -0.4 is 9.80 Å². The third-order valence-corrected chi connectivity index (χ3v) is 9.32. The average molecular weight is 591 g/mol. The summed E-state index contributed by atoms with van der Waals surface area (Å²) in [6.45, 7) is 13.6. The van der Waals surface area contributed by atoms with Crippen molar-refractivity contribution in [2.75, 3.05) is 62.2 Å². The van der Waals surface area contributed by atoms with Gasteiger partial charge in [-0.2, -0.15) is 0 Å². The quantitative estimate of drug-likeness (QED) is 0.243. The first-order chi connectivity index (χ1) is 21.3. The number of carbonyl (C=O) groups excluding carboxylic acids is 2. The van der Waals surface area contributed by atoms with Crippen molar-refractivity contribution >= 4 is 45.1 Å². The van der Waals surface area contributed by atoms with Gasteiger partial charge in [-0.1, -0.05) is 36.4 Å². The number of nitrogens with zero attached hydrogens (tertiary/aromatic N) is 4. The molecule has 8 nitrogen and oxygen atoms in total. The number of fused-ring (bicyclic) bond motifs is 2. The van der Waals surface area contributed by atoms with Crippen molar-refractivity contribution in [2.45, 2.75) is 27.7 Å². The van der Waals surface area contributed by atoms with Gasteiger partial charge in [-0.3, -0.25) is 9.59 Å². The SMILES string of the molecule is Cc1ccccc1N1CCN(C(=O)c2c(C)oc3cc4c(C(=O)N5CCN(c6ccccc6C)CC5)c(C)oc4cc23)CC1. The third-order valence-electron chi connectivity index (χ3n) is 9.32. The molecule has 226 valence electrons. The molecular formula is C36H38N4O4. The molecule has 8 heteroatoms. The normalized spacial score (nSPS) is 15.9. The summed E-state index contributed by atoms with van der Waals surface area (Å²) in [4.78, 5) is 36.2. The predicted octanol–water partition coefficient (Wildman–Crippen LogP) is 6.34. The first kappa shape index (κ1) is 28.1. The lowest BCUT2D eigenvalue weighted by molar-refractivity contribution is 0.0739. The lowest BCUT2D eigenvalue weighted by Crippen LogP contribution is -2.49. The molecule has 0 N–H and O–H groups in total. The highest BCUT2D eigenvalue weighted by Gasteiger charge is 2.31. The fourth-order valence-electron chi connectivity index (χ4n) is 6.92. The number of hydrogen-bond acceptors (Lipinski definition) is 6. The molecule has 2 amide bonds. The van der Waals surface area contributed by atoms with Crippen LogP contribution in [0, 0.1) is 27.7 Å². The molecule has 0 aliphatic carbocycles. The van der Waals surface area contributed by atoms with Crippen LogP contribution in [0.1, 0.15) is 43.4 Å². The van der Waals surface area contributed by atoms with E-state index in [1.54, 1.807) is 0 Å². The molecule has 0 unspecified atom stereocenters. The van der Waals surface area contributed by atoms with Gasteiger partial charge in [0, 0.05) is 74.5 Å². The summed E-state index contributed by atoms with van der Waals surface area (Å²) in [6, 6.07) is 20.5. The van der Waals surface area contributed by atoms with Gasteiger partial charge in [0.2, 0.25) is 0 Å². The molecule has 0 saturated carbocycles. The van der Waals surface area contributed by atoms with Gasteiger partial charge in [-0.25, -0.2) is 0 Å². The van der Waals surface area contributed by atoms with E-state index in [1.165, 1.54) is 22.5 Å². The van der Waals surface area contributed by atoms with Crippen LogP contribution >= 0.6 is 0 Å². The Hall–Kier alpha value is -4.72. The van der Waals surface area contributed by atoms with Crippen molar-refractivity contribution in [1.29, 1.82) is 0 Å². The Bertz CT molecular complexity index is 1750. The lowest BCUT2D eigenvalue weighted by atomic mass is 10.0. The van der Waals surface area contributed by atoms with Crippen molar-refractivity contribution in [3.63, 3.8) is 0 Å². The summed E-state index contributed by atoms with van der Waals surface area (Å²) in [5.74, 6) is 1.10. The highest BCUT2D eigenvalue weighted by molar-refractivity contribution is 6.14.